The van der Waals surface area contributed by atoms with Gasteiger partial charge in [-0.3, -0.25) is 19.6 Å². The first-order chi connectivity index (χ1) is 31.5. The fraction of sp³-hybridized carbons (Fsp3) is 0.592. The van der Waals surface area contributed by atoms with E-state index < -0.39 is 41.0 Å². The lowest BCUT2D eigenvalue weighted by Gasteiger charge is -2.44. The number of aryl methyl sites for hydroxylation is 1. The van der Waals surface area contributed by atoms with Crippen LogP contribution in [0.3, 0.4) is 0 Å². The Morgan fingerprint density at radius 3 is 2.58 bits per heavy atom. The minimum absolute atomic E-state index is 0.00767. The molecule has 4 aliphatic rings. The Bertz CT molecular complexity index is 2460. The van der Waals surface area contributed by atoms with Gasteiger partial charge in [0.05, 0.1) is 34.8 Å². The van der Waals surface area contributed by atoms with Crippen LogP contribution in [0.2, 0.25) is 0 Å². The van der Waals surface area contributed by atoms with E-state index in [2.05, 4.69) is 46.5 Å². The van der Waals surface area contributed by atoms with Crippen LogP contribution in [-0.4, -0.2) is 129 Å². The highest BCUT2D eigenvalue weighted by atomic mass is 32.1. The predicted octanol–water partition coefficient (Wildman–Crippen LogP) is 6.24. The molecule has 4 amide bonds. The number of aliphatic hydroxyl groups is 1. The first-order valence-corrected chi connectivity index (χ1v) is 24.4. The standard InChI is InChI=1S/C49H66N8O8S/c1-9-55-38-15-14-32-25-34(38)35(42(55)33-13-10-20-50-40(33)31(4)63-8)27-47(5,6)29-65-45(60)49(62)17-12-22-57(53-49)44(59)36(26-39-51-37(32)28-66-39)52-43(58)41(30(2)3)54(7)46(61)56-21-11-16-48(56)18-23-64-24-19-48/h10,13-15,20,25,28,30-31,36,41,53,62H,9,11-12,16-19,21-24,26-27,29H2,1-8H3,(H,52,58)/t31-,36-,41-,49-/m0/s1. The second-order valence-electron chi connectivity index (χ2n) is 19.7. The van der Waals surface area contributed by atoms with Crippen molar-refractivity contribution in [2.24, 2.45) is 11.3 Å². The van der Waals surface area contributed by atoms with Gasteiger partial charge in [0, 0.05) is 104 Å². The molecule has 7 heterocycles. The van der Waals surface area contributed by atoms with Crippen LogP contribution in [0.25, 0.3) is 33.4 Å². The van der Waals surface area contributed by atoms with Crippen LogP contribution in [0.15, 0.2) is 41.9 Å². The van der Waals surface area contributed by atoms with Crippen molar-refractivity contribution in [1.82, 2.24) is 40.1 Å². The number of fused-ring (bicyclic) bond motifs is 6. The van der Waals surface area contributed by atoms with Crippen LogP contribution < -0.4 is 10.7 Å². The molecule has 3 fully saturated rings. The van der Waals surface area contributed by atoms with Crippen LogP contribution >= 0.6 is 11.3 Å². The normalized spacial score (nSPS) is 23.2. The number of aromatic nitrogens is 3. The molecule has 6 bridgehead atoms. The van der Waals surface area contributed by atoms with Gasteiger partial charge in [0.25, 0.3) is 5.91 Å². The first kappa shape index (κ1) is 47.5. The van der Waals surface area contributed by atoms with E-state index in [9.17, 15) is 24.3 Å². The van der Waals surface area contributed by atoms with E-state index >= 15 is 0 Å². The number of hydrazine groups is 1. The van der Waals surface area contributed by atoms with Gasteiger partial charge >= 0.3 is 12.0 Å². The molecule has 3 N–H and O–H groups in total. The Kier molecular flexibility index (Phi) is 13.7. The molecule has 0 radical (unpaired) electrons. The Morgan fingerprint density at radius 2 is 1.85 bits per heavy atom. The van der Waals surface area contributed by atoms with Crippen molar-refractivity contribution in [2.75, 3.05) is 47.1 Å². The largest absolute Gasteiger partial charge is 0.462 e. The molecule has 66 heavy (non-hydrogen) atoms. The van der Waals surface area contributed by atoms with Gasteiger partial charge < -0.3 is 39.0 Å². The molecule has 356 valence electrons. The lowest BCUT2D eigenvalue weighted by atomic mass is 9.84. The van der Waals surface area contributed by atoms with Crippen molar-refractivity contribution in [1.29, 1.82) is 0 Å². The lowest BCUT2D eigenvalue weighted by Crippen LogP contribution is -2.67. The van der Waals surface area contributed by atoms with E-state index in [1.807, 2.05) is 51.0 Å². The maximum atomic E-state index is 14.7. The zero-order valence-corrected chi connectivity index (χ0v) is 40.5. The number of esters is 1. The van der Waals surface area contributed by atoms with Crippen molar-refractivity contribution in [2.45, 2.75) is 129 Å². The summed E-state index contributed by atoms with van der Waals surface area (Å²) in [6.45, 7) is 14.5. The van der Waals surface area contributed by atoms with Gasteiger partial charge in [0.15, 0.2) is 0 Å². The number of hydrogen-bond donors (Lipinski definition) is 3. The van der Waals surface area contributed by atoms with Crippen molar-refractivity contribution in [3.8, 4) is 22.5 Å². The molecule has 4 aliphatic heterocycles. The summed E-state index contributed by atoms with van der Waals surface area (Å²) in [6, 6.07) is 8.02. The fourth-order valence-corrected chi connectivity index (χ4v) is 11.5. The summed E-state index contributed by atoms with van der Waals surface area (Å²) in [5.74, 6) is -2.24. The van der Waals surface area contributed by atoms with Crippen molar-refractivity contribution < 1.29 is 38.5 Å². The third kappa shape index (κ3) is 9.08. The number of cyclic esters (lactones) is 1. The van der Waals surface area contributed by atoms with E-state index in [0.29, 0.717) is 37.7 Å². The summed E-state index contributed by atoms with van der Waals surface area (Å²) in [5, 5.41) is 19.7. The Labute approximate surface area is 391 Å². The Hall–Kier alpha value is -4.94. The lowest BCUT2D eigenvalue weighted by molar-refractivity contribution is -0.189. The zero-order valence-electron chi connectivity index (χ0n) is 39.6. The van der Waals surface area contributed by atoms with Gasteiger partial charge in [-0.1, -0.05) is 33.8 Å². The summed E-state index contributed by atoms with van der Waals surface area (Å²) in [7, 11) is 3.33. The number of nitrogens with zero attached hydrogens (tertiary/aromatic N) is 6. The molecule has 0 aliphatic carbocycles. The van der Waals surface area contributed by atoms with Crippen molar-refractivity contribution in [3.05, 3.63) is 58.2 Å². The minimum atomic E-state index is -2.21. The Balaban J connectivity index is 1.18. The van der Waals surface area contributed by atoms with Gasteiger partial charge in [0.2, 0.25) is 11.6 Å². The highest BCUT2D eigenvalue weighted by Gasteiger charge is 2.48. The highest BCUT2D eigenvalue weighted by molar-refractivity contribution is 7.10. The molecule has 1 aromatic carbocycles. The number of rotatable bonds is 8. The van der Waals surface area contributed by atoms with E-state index in [1.54, 1.807) is 20.4 Å². The molecule has 0 unspecified atom stereocenters. The predicted molar refractivity (Wildman–Crippen MR) is 251 cm³/mol. The Morgan fingerprint density at radius 1 is 1.09 bits per heavy atom. The van der Waals surface area contributed by atoms with Gasteiger partial charge in [0.1, 0.15) is 12.1 Å². The summed E-state index contributed by atoms with van der Waals surface area (Å²) in [4.78, 5) is 70.9. The fourth-order valence-electron chi connectivity index (χ4n) is 10.6. The number of ether oxygens (including phenoxy) is 3. The molecule has 4 atom stereocenters. The van der Waals surface area contributed by atoms with Gasteiger partial charge in [-0.05, 0) is 88.1 Å². The average Bonchev–Trinajstić information content (AvgIpc) is 4.02. The van der Waals surface area contributed by atoms with E-state index in [4.69, 9.17) is 24.2 Å². The number of hydrogen-bond acceptors (Lipinski definition) is 12. The molecule has 4 aromatic rings. The number of amides is 4. The third-order valence-corrected chi connectivity index (χ3v) is 15.0. The molecule has 0 saturated carbocycles. The number of likely N-dealkylation sites (tertiary alicyclic amines) is 1. The molecule has 3 aromatic heterocycles. The summed E-state index contributed by atoms with van der Waals surface area (Å²) in [6.07, 6.45) is 5.59. The molecule has 1 spiro atoms. The number of pyridine rings is 1. The summed E-state index contributed by atoms with van der Waals surface area (Å²) in [5.41, 5.74) is 6.10. The number of carbonyl (C=O) groups is 4. The van der Waals surface area contributed by atoms with Crippen molar-refractivity contribution in [3.63, 3.8) is 0 Å². The molecule has 3 saturated heterocycles. The summed E-state index contributed by atoms with van der Waals surface area (Å²) < 4.78 is 19.7. The number of urea groups is 1. The van der Waals surface area contributed by atoms with Crippen LogP contribution in [0, 0.1) is 11.3 Å². The highest BCUT2D eigenvalue weighted by Crippen LogP contribution is 2.43. The third-order valence-electron chi connectivity index (χ3n) is 14.1. The number of benzene rings is 1. The molecule has 16 nitrogen and oxygen atoms in total. The minimum Gasteiger partial charge on any atom is -0.462 e. The topological polar surface area (TPSA) is 181 Å². The maximum Gasteiger partial charge on any atom is 0.355 e. The second kappa shape index (κ2) is 19.0. The molecule has 17 heteroatoms. The number of thiazole rings is 1. The van der Waals surface area contributed by atoms with Crippen LogP contribution in [0.4, 0.5) is 4.79 Å². The van der Waals surface area contributed by atoms with Crippen LogP contribution in [-0.2, 0) is 48.0 Å². The molecular weight excluding hydrogens is 861 g/mol. The smallest absolute Gasteiger partial charge is 0.355 e. The van der Waals surface area contributed by atoms with E-state index in [0.717, 1.165) is 70.4 Å². The van der Waals surface area contributed by atoms with Crippen molar-refractivity contribution >= 4 is 46.1 Å². The quantitative estimate of drug-likeness (QED) is 0.170. The number of likely N-dealkylation sites (N-methyl/N-ethyl adjacent to an activating group) is 1. The first-order valence-electron chi connectivity index (χ1n) is 23.5. The molecular formula is C49H66N8O8S. The van der Waals surface area contributed by atoms with E-state index in [1.165, 1.54) is 21.2 Å². The average molecular weight is 927 g/mol. The zero-order chi connectivity index (χ0) is 47.1. The second-order valence-corrected chi connectivity index (χ2v) is 20.6. The number of carbonyl (C=O) groups excluding carboxylic acids is 4. The van der Waals surface area contributed by atoms with Gasteiger partial charge in [-0.2, -0.15) is 5.43 Å². The van der Waals surface area contributed by atoms with E-state index in [-0.39, 0.29) is 56.0 Å². The van der Waals surface area contributed by atoms with Crippen LogP contribution in [0.5, 0.6) is 0 Å². The van der Waals surface area contributed by atoms with Crippen LogP contribution in [0.1, 0.15) is 102 Å². The van der Waals surface area contributed by atoms with Gasteiger partial charge in [-0.15, -0.1) is 11.3 Å². The maximum absolute atomic E-state index is 14.7. The summed E-state index contributed by atoms with van der Waals surface area (Å²) >= 11 is 1.38. The molecule has 8 rings (SSSR count). The monoisotopic (exact) mass is 926 g/mol. The SMILES string of the molecule is CCn1c(-c2cccnc2[C@H](C)OC)c2c3cc(ccc31)-c1csc(n1)C[C@H](NC(=O)[C@H](C(C)C)N(C)C(=O)N1CCCC13CCOCC3)C(=O)N1CCC[C@@](O)(N1)C(=O)OCC(C)(C)C2. The number of nitrogens with one attached hydrogen (secondary N) is 2. The van der Waals surface area contributed by atoms with Gasteiger partial charge in [-0.25, -0.2) is 14.6 Å². The number of methoxy groups -OCH3 is 1.